The first-order chi connectivity index (χ1) is 12.0. The number of ether oxygens (including phenoxy) is 2. The molecule has 0 spiro atoms. The second kappa shape index (κ2) is 8.50. The topological polar surface area (TPSA) is 88.4 Å². The molecule has 1 N–H and O–H groups in total. The van der Waals surface area contributed by atoms with Crippen LogP contribution in [0.25, 0.3) is 0 Å². The van der Waals surface area contributed by atoms with Crippen molar-refractivity contribution in [2.75, 3.05) is 11.9 Å². The molecule has 0 fully saturated rings. The van der Waals surface area contributed by atoms with Crippen LogP contribution in [-0.4, -0.2) is 24.6 Å². The summed E-state index contributed by atoms with van der Waals surface area (Å²) in [6.07, 6.45) is -0.988. The van der Waals surface area contributed by atoms with Crippen LogP contribution in [0.1, 0.15) is 29.8 Å². The summed E-state index contributed by atoms with van der Waals surface area (Å²) in [7, 11) is 0. The summed E-state index contributed by atoms with van der Waals surface area (Å²) >= 11 is 0. The second-order valence-corrected chi connectivity index (χ2v) is 5.16. The van der Waals surface area contributed by atoms with Crippen molar-refractivity contribution in [1.82, 2.24) is 0 Å². The Morgan fingerprint density at radius 3 is 2.48 bits per heavy atom. The molecule has 25 heavy (non-hydrogen) atoms. The number of hydrogen-bond acceptors (Lipinski definition) is 5. The van der Waals surface area contributed by atoms with E-state index in [2.05, 4.69) is 5.32 Å². The van der Waals surface area contributed by atoms with Gasteiger partial charge < -0.3 is 14.8 Å². The quantitative estimate of drug-likeness (QED) is 0.818. The van der Waals surface area contributed by atoms with Crippen LogP contribution in [-0.2, 0) is 9.53 Å². The molecule has 1 amide bonds. The molecule has 6 heteroatoms. The van der Waals surface area contributed by atoms with Gasteiger partial charge >= 0.3 is 5.97 Å². The van der Waals surface area contributed by atoms with Crippen molar-refractivity contribution in [3.63, 3.8) is 0 Å². The van der Waals surface area contributed by atoms with E-state index in [0.717, 1.165) is 0 Å². The zero-order valence-electron chi connectivity index (χ0n) is 14.0. The molecule has 1 atom stereocenters. The molecule has 0 aliphatic heterocycles. The number of hydrogen-bond donors (Lipinski definition) is 1. The molecule has 2 rings (SSSR count). The predicted octanol–water partition coefficient (Wildman–Crippen LogP) is 3.14. The number of benzene rings is 2. The van der Waals surface area contributed by atoms with Crippen molar-refractivity contribution < 1.29 is 19.1 Å². The van der Waals surface area contributed by atoms with E-state index in [0.29, 0.717) is 23.6 Å². The van der Waals surface area contributed by atoms with E-state index in [1.54, 1.807) is 48.5 Å². The summed E-state index contributed by atoms with van der Waals surface area (Å²) in [5.41, 5.74) is 1.27. The summed E-state index contributed by atoms with van der Waals surface area (Å²) in [4.78, 5) is 24.4. The number of anilines is 1. The molecule has 128 valence electrons. The lowest BCUT2D eigenvalue weighted by Gasteiger charge is -2.15. The minimum absolute atomic E-state index is 0.266. The van der Waals surface area contributed by atoms with E-state index in [1.165, 1.54) is 6.92 Å². The largest absolute Gasteiger partial charge is 0.493 e. The lowest BCUT2D eigenvalue weighted by Crippen LogP contribution is -2.30. The van der Waals surface area contributed by atoms with Crippen molar-refractivity contribution in [3.05, 3.63) is 59.7 Å². The first kappa shape index (κ1) is 18.0. The van der Waals surface area contributed by atoms with Gasteiger partial charge in [0.25, 0.3) is 5.91 Å². The number of nitrogens with one attached hydrogen (secondary N) is 1. The van der Waals surface area contributed by atoms with Crippen molar-refractivity contribution in [2.45, 2.75) is 20.0 Å². The van der Waals surface area contributed by atoms with E-state index in [1.807, 2.05) is 13.0 Å². The number of para-hydroxylation sites is 1. The van der Waals surface area contributed by atoms with Gasteiger partial charge in [-0.2, -0.15) is 5.26 Å². The summed E-state index contributed by atoms with van der Waals surface area (Å²) in [6.45, 7) is 3.72. The number of nitriles is 1. The number of carbonyl (C=O) groups is 2. The average Bonchev–Trinajstić information content (AvgIpc) is 2.63. The fraction of sp³-hybridized carbons (Fsp3) is 0.211. The molecule has 0 heterocycles. The van der Waals surface area contributed by atoms with Crippen molar-refractivity contribution in [2.24, 2.45) is 0 Å². The van der Waals surface area contributed by atoms with Crippen LogP contribution in [0.15, 0.2) is 48.5 Å². The first-order valence-electron chi connectivity index (χ1n) is 7.79. The van der Waals surface area contributed by atoms with Crippen LogP contribution >= 0.6 is 0 Å². The Hall–Kier alpha value is -3.33. The summed E-state index contributed by atoms with van der Waals surface area (Å²) < 4.78 is 10.6. The molecule has 0 saturated heterocycles. The molecular formula is C19H18N2O4. The molecule has 6 nitrogen and oxygen atoms in total. The third kappa shape index (κ3) is 4.82. The first-order valence-corrected chi connectivity index (χ1v) is 7.79. The minimum Gasteiger partial charge on any atom is -0.493 e. The van der Waals surface area contributed by atoms with E-state index < -0.39 is 18.0 Å². The lowest BCUT2D eigenvalue weighted by molar-refractivity contribution is -0.123. The number of nitrogens with zero attached hydrogens (tertiary/aromatic N) is 1. The van der Waals surface area contributed by atoms with Crippen LogP contribution < -0.4 is 10.1 Å². The molecule has 0 aromatic heterocycles. The Balaban J connectivity index is 2.00. The number of carbonyl (C=O) groups excluding carboxylic acids is 2. The summed E-state index contributed by atoms with van der Waals surface area (Å²) in [6, 6.07) is 15.1. The molecule has 0 aliphatic rings. The molecule has 0 saturated carbocycles. The highest BCUT2D eigenvalue weighted by Crippen LogP contribution is 2.19. The van der Waals surface area contributed by atoms with Crippen LogP contribution in [0.3, 0.4) is 0 Å². The van der Waals surface area contributed by atoms with Gasteiger partial charge in [0.15, 0.2) is 6.10 Å². The van der Waals surface area contributed by atoms with Gasteiger partial charge in [-0.05, 0) is 50.2 Å². The molecule has 0 unspecified atom stereocenters. The van der Waals surface area contributed by atoms with E-state index in [-0.39, 0.29) is 5.56 Å². The van der Waals surface area contributed by atoms with Crippen LogP contribution in [0, 0.1) is 11.3 Å². The highest BCUT2D eigenvalue weighted by molar-refractivity contribution is 5.98. The van der Waals surface area contributed by atoms with Crippen LogP contribution in [0.2, 0.25) is 0 Å². The predicted molar refractivity (Wildman–Crippen MR) is 92.3 cm³/mol. The van der Waals surface area contributed by atoms with Crippen molar-refractivity contribution in [3.8, 4) is 11.8 Å². The van der Waals surface area contributed by atoms with Crippen LogP contribution in [0.5, 0.6) is 5.75 Å². The van der Waals surface area contributed by atoms with Gasteiger partial charge in [0.2, 0.25) is 0 Å². The van der Waals surface area contributed by atoms with Gasteiger partial charge in [-0.3, -0.25) is 4.79 Å². The SMILES string of the molecule is CCOc1ccccc1C(=O)O[C@H](C)C(=O)Nc1ccc(C#N)cc1. The zero-order valence-corrected chi connectivity index (χ0v) is 14.0. The maximum Gasteiger partial charge on any atom is 0.342 e. The van der Waals surface area contributed by atoms with E-state index in [4.69, 9.17) is 14.7 Å². The minimum atomic E-state index is -0.988. The van der Waals surface area contributed by atoms with Gasteiger partial charge in [-0.1, -0.05) is 12.1 Å². The van der Waals surface area contributed by atoms with Crippen molar-refractivity contribution in [1.29, 1.82) is 5.26 Å². The van der Waals surface area contributed by atoms with Crippen molar-refractivity contribution >= 4 is 17.6 Å². The Kier molecular flexibility index (Phi) is 6.13. The summed E-state index contributed by atoms with van der Waals surface area (Å²) in [5, 5.41) is 11.4. The monoisotopic (exact) mass is 338 g/mol. The van der Waals surface area contributed by atoms with Gasteiger partial charge in [0.05, 0.1) is 18.2 Å². The third-order valence-corrected chi connectivity index (χ3v) is 3.34. The normalized spacial score (nSPS) is 11.1. The lowest BCUT2D eigenvalue weighted by atomic mass is 10.2. The maximum absolute atomic E-state index is 12.3. The fourth-order valence-corrected chi connectivity index (χ4v) is 2.07. The molecule has 0 radical (unpaired) electrons. The molecule has 0 aliphatic carbocycles. The second-order valence-electron chi connectivity index (χ2n) is 5.16. The van der Waals surface area contributed by atoms with Gasteiger partial charge in [-0.25, -0.2) is 4.79 Å². The number of amides is 1. The standard InChI is InChI=1S/C19H18N2O4/c1-3-24-17-7-5-4-6-16(17)19(23)25-13(2)18(22)21-15-10-8-14(12-20)9-11-15/h4-11,13H,3H2,1-2H3,(H,21,22)/t13-/m1/s1. The smallest absolute Gasteiger partial charge is 0.342 e. The fourth-order valence-electron chi connectivity index (χ4n) is 2.07. The molecule has 0 bridgehead atoms. The third-order valence-electron chi connectivity index (χ3n) is 3.34. The summed E-state index contributed by atoms with van der Waals surface area (Å²) in [5.74, 6) is -0.687. The Morgan fingerprint density at radius 1 is 1.16 bits per heavy atom. The molecule has 2 aromatic rings. The van der Waals surface area contributed by atoms with Gasteiger partial charge in [0.1, 0.15) is 11.3 Å². The Bertz CT molecular complexity index is 794. The van der Waals surface area contributed by atoms with Crippen LogP contribution in [0.4, 0.5) is 5.69 Å². The highest BCUT2D eigenvalue weighted by Gasteiger charge is 2.21. The zero-order chi connectivity index (χ0) is 18.2. The van der Waals surface area contributed by atoms with Gasteiger partial charge in [-0.15, -0.1) is 0 Å². The number of rotatable bonds is 6. The maximum atomic E-state index is 12.3. The molecular weight excluding hydrogens is 320 g/mol. The highest BCUT2D eigenvalue weighted by atomic mass is 16.5. The molecule has 2 aromatic carbocycles. The average molecular weight is 338 g/mol. The Labute approximate surface area is 146 Å². The van der Waals surface area contributed by atoms with Gasteiger partial charge in [0, 0.05) is 5.69 Å². The number of esters is 1. The van der Waals surface area contributed by atoms with E-state index >= 15 is 0 Å². The Morgan fingerprint density at radius 2 is 1.84 bits per heavy atom. The van der Waals surface area contributed by atoms with E-state index in [9.17, 15) is 9.59 Å².